The number of carbonyl (C=O) groups is 1. The Morgan fingerprint density at radius 1 is 1.39 bits per heavy atom. The molecule has 1 fully saturated rings. The highest BCUT2D eigenvalue weighted by atomic mass is 16.2. The van der Waals surface area contributed by atoms with Crippen molar-refractivity contribution >= 4 is 5.91 Å². The maximum absolute atomic E-state index is 12.4. The standard InChI is InChI=1S/C15H22N2O/c1-11-4-5-14(8-12(11)2)15(18)17-7-6-13(10-17)9-16-3/h4-5,8,13,16H,6-7,9-10H2,1-3H3. The van der Waals surface area contributed by atoms with Gasteiger partial charge in [0.25, 0.3) is 5.91 Å². The first-order chi connectivity index (χ1) is 8.61. The molecule has 3 nitrogen and oxygen atoms in total. The van der Waals surface area contributed by atoms with Crippen molar-refractivity contribution in [3.05, 3.63) is 34.9 Å². The molecule has 1 heterocycles. The maximum atomic E-state index is 12.4. The molecule has 2 rings (SSSR count). The number of nitrogens with one attached hydrogen (secondary N) is 1. The van der Waals surface area contributed by atoms with Gasteiger partial charge in [-0.15, -0.1) is 0 Å². The summed E-state index contributed by atoms with van der Waals surface area (Å²) < 4.78 is 0. The molecule has 0 bridgehead atoms. The van der Waals surface area contributed by atoms with E-state index in [4.69, 9.17) is 0 Å². The van der Waals surface area contributed by atoms with Gasteiger partial charge in [-0.05, 0) is 63.0 Å². The van der Waals surface area contributed by atoms with Crippen molar-refractivity contribution in [2.75, 3.05) is 26.7 Å². The minimum Gasteiger partial charge on any atom is -0.338 e. The number of nitrogens with zero attached hydrogens (tertiary/aromatic N) is 1. The minimum absolute atomic E-state index is 0.178. The number of benzene rings is 1. The van der Waals surface area contributed by atoms with Crippen molar-refractivity contribution in [1.82, 2.24) is 10.2 Å². The van der Waals surface area contributed by atoms with Crippen molar-refractivity contribution in [2.24, 2.45) is 5.92 Å². The van der Waals surface area contributed by atoms with Gasteiger partial charge in [0.2, 0.25) is 0 Å². The van der Waals surface area contributed by atoms with E-state index in [0.29, 0.717) is 5.92 Å². The van der Waals surface area contributed by atoms with E-state index in [0.717, 1.165) is 31.6 Å². The van der Waals surface area contributed by atoms with Crippen LogP contribution in [0.2, 0.25) is 0 Å². The van der Waals surface area contributed by atoms with E-state index in [2.05, 4.69) is 19.2 Å². The topological polar surface area (TPSA) is 32.3 Å². The molecule has 18 heavy (non-hydrogen) atoms. The van der Waals surface area contributed by atoms with Crippen molar-refractivity contribution in [3.63, 3.8) is 0 Å². The molecule has 1 aromatic rings. The molecule has 0 spiro atoms. The van der Waals surface area contributed by atoms with E-state index >= 15 is 0 Å². The Morgan fingerprint density at radius 3 is 2.83 bits per heavy atom. The molecular weight excluding hydrogens is 224 g/mol. The zero-order valence-electron chi connectivity index (χ0n) is 11.5. The highest BCUT2D eigenvalue weighted by Crippen LogP contribution is 2.19. The number of amides is 1. The van der Waals surface area contributed by atoms with Crippen LogP contribution in [-0.2, 0) is 0 Å². The van der Waals surface area contributed by atoms with Gasteiger partial charge in [-0.1, -0.05) is 6.07 Å². The number of rotatable bonds is 3. The Bertz CT molecular complexity index is 442. The van der Waals surface area contributed by atoms with Crippen molar-refractivity contribution in [1.29, 1.82) is 0 Å². The lowest BCUT2D eigenvalue weighted by Gasteiger charge is -2.17. The second kappa shape index (κ2) is 5.53. The summed E-state index contributed by atoms with van der Waals surface area (Å²) in [5, 5.41) is 3.19. The predicted octanol–water partition coefficient (Wildman–Crippen LogP) is 1.98. The van der Waals surface area contributed by atoms with E-state index in [-0.39, 0.29) is 5.91 Å². The average Bonchev–Trinajstić information content (AvgIpc) is 2.81. The van der Waals surface area contributed by atoms with E-state index in [1.807, 2.05) is 30.1 Å². The van der Waals surface area contributed by atoms with Crippen LogP contribution in [0.25, 0.3) is 0 Å². The van der Waals surface area contributed by atoms with Gasteiger partial charge in [0.15, 0.2) is 0 Å². The van der Waals surface area contributed by atoms with Crippen LogP contribution in [0.15, 0.2) is 18.2 Å². The van der Waals surface area contributed by atoms with Crippen LogP contribution in [0.1, 0.15) is 27.9 Å². The fraction of sp³-hybridized carbons (Fsp3) is 0.533. The van der Waals surface area contributed by atoms with E-state index in [9.17, 15) is 4.79 Å². The molecule has 98 valence electrons. The summed E-state index contributed by atoms with van der Waals surface area (Å²) in [7, 11) is 1.97. The van der Waals surface area contributed by atoms with Gasteiger partial charge in [0.1, 0.15) is 0 Å². The molecule has 0 radical (unpaired) electrons. The second-order valence-corrected chi connectivity index (χ2v) is 5.26. The molecule has 0 saturated carbocycles. The lowest BCUT2D eigenvalue weighted by molar-refractivity contribution is 0.0787. The van der Waals surface area contributed by atoms with Crippen LogP contribution < -0.4 is 5.32 Å². The quantitative estimate of drug-likeness (QED) is 0.884. The van der Waals surface area contributed by atoms with Crippen molar-refractivity contribution in [3.8, 4) is 0 Å². The summed E-state index contributed by atoms with van der Waals surface area (Å²) >= 11 is 0. The average molecular weight is 246 g/mol. The molecule has 0 aliphatic carbocycles. The maximum Gasteiger partial charge on any atom is 0.253 e. The van der Waals surface area contributed by atoms with Gasteiger partial charge in [0.05, 0.1) is 0 Å². The Hall–Kier alpha value is -1.35. The molecule has 1 amide bonds. The zero-order valence-corrected chi connectivity index (χ0v) is 11.5. The van der Waals surface area contributed by atoms with Gasteiger partial charge in [-0.2, -0.15) is 0 Å². The molecule has 1 unspecified atom stereocenters. The molecule has 1 aliphatic rings. The third-order valence-corrected chi connectivity index (χ3v) is 3.82. The van der Waals surface area contributed by atoms with E-state index in [1.165, 1.54) is 11.1 Å². The molecule has 1 N–H and O–H groups in total. The number of carbonyl (C=O) groups excluding carboxylic acids is 1. The Balaban J connectivity index is 2.05. The Morgan fingerprint density at radius 2 is 2.17 bits per heavy atom. The fourth-order valence-electron chi connectivity index (χ4n) is 2.53. The number of aryl methyl sites for hydroxylation is 2. The molecule has 0 aromatic heterocycles. The molecule has 1 aromatic carbocycles. The highest BCUT2D eigenvalue weighted by molar-refractivity contribution is 5.94. The van der Waals surface area contributed by atoms with Gasteiger partial charge in [-0.3, -0.25) is 4.79 Å². The summed E-state index contributed by atoms with van der Waals surface area (Å²) in [5.41, 5.74) is 3.25. The van der Waals surface area contributed by atoms with Gasteiger partial charge in [-0.25, -0.2) is 0 Å². The molecule has 1 aliphatic heterocycles. The lowest BCUT2D eigenvalue weighted by atomic mass is 10.1. The van der Waals surface area contributed by atoms with E-state index in [1.54, 1.807) is 0 Å². The van der Waals surface area contributed by atoms with Gasteiger partial charge in [0, 0.05) is 18.7 Å². The van der Waals surface area contributed by atoms with Crippen molar-refractivity contribution in [2.45, 2.75) is 20.3 Å². The summed E-state index contributed by atoms with van der Waals surface area (Å²) in [5.74, 6) is 0.780. The third kappa shape index (κ3) is 2.72. The van der Waals surface area contributed by atoms with Gasteiger partial charge >= 0.3 is 0 Å². The first-order valence-electron chi connectivity index (χ1n) is 6.63. The molecule has 1 atom stereocenters. The zero-order chi connectivity index (χ0) is 13.1. The van der Waals surface area contributed by atoms with E-state index < -0.39 is 0 Å². The van der Waals surface area contributed by atoms with Crippen LogP contribution in [0, 0.1) is 19.8 Å². The Kier molecular flexibility index (Phi) is 4.02. The molecule has 3 heteroatoms. The first kappa shape index (κ1) is 13.1. The number of hydrogen-bond acceptors (Lipinski definition) is 2. The number of hydrogen-bond donors (Lipinski definition) is 1. The lowest BCUT2D eigenvalue weighted by Crippen LogP contribution is -2.30. The summed E-state index contributed by atoms with van der Waals surface area (Å²) in [6.45, 7) is 6.89. The third-order valence-electron chi connectivity index (χ3n) is 3.82. The fourth-order valence-corrected chi connectivity index (χ4v) is 2.53. The van der Waals surface area contributed by atoms with Crippen molar-refractivity contribution < 1.29 is 4.79 Å². The first-order valence-corrected chi connectivity index (χ1v) is 6.63. The second-order valence-electron chi connectivity index (χ2n) is 5.26. The predicted molar refractivity (Wildman–Crippen MR) is 73.9 cm³/mol. The molecular formula is C15H22N2O. The smallest absolute Gasteiger partial charge is 0.253 e. The normalized spacial score (nSPS) is 19.3. The largest absolute Gasteiger partial charge is 0.338 e. The van der Waals surface area contributed by atoms with Crippen LogP contribution in [0.4, 0.5) is 0 Å². The Labute approximate surface area is 109 Å². The van der Waals surface area contributed by atoms with Gasteiger partial charge < -0.3 is 10.2 Å². The summed E-state index contributed by atoms with van der Waals surface area (Å²) in [6.07, 6.45) is 1.11. The monoisotopic (exact) mass is 246 g/mol. The summed E-state index contributed by atoms with van der Waals surface area (Å²) in [6, 6.07) is 5.98. The summed E-state index contributed by atoms with van der Waals surface area (Å²) in [4.78, 5) is 14.3. The van der Waals surface area contributed by atoms with Crippen LogP contribution >= 0.6 is 0 Å². The number of likely N-dealkylation sites (tertiary alicyclic amines) is 1. The van der Waals surface area contributed by atoms with Crippen LogP contribution in [0.5, 0.6) is 0 Å². The highest BCUT2D eigenvalue weighted by Gasteiger charge is 2.26. The SMILES string of the molecule is CNCC1CCN(C(=O)c2ccc(C)c(C)c2)C1. The molecule has 1 saturated heterocycles. The van der Waals surface area contributed by atoms with Crippen LogP contribution in [-0.4, -0.2) is 37.5 Å². The minimum atomic E-state index is 0.178. The van der Waals surface area contributed by atoms with Crippen LogP contribution in [0.3, 0.4) is 0 Å².